The summed E-state index contributed by atoms with van der Waals surface area (Å²) in [7, 11) is 0. The molecule has 1 saturated heterocycles. The predicted octanol–water partition coefficient (Wildman–Crippen LogP) is 1.74. The second-order valence-corrected chi connectivity index (χ2v) is 5.20. The number of halogens is 1. The molecule has 1 fully saturated rings. The zero-order chi connectivity index (χ0) is 11.7. The van der Waals surface area contributed by atoms with Gasteiger partial charge in [0.25, 0.3) is 0 Å². The molecule has 0 bridgehead atoms. The Morgan fingerprint density at radius 2 is 2.12 bits per heavy atom. The van der Waals surface area contributed by atoms with E-state index in [1.165, 1.54) is 11.1 Å². The van der Waals surface area contributed by atoms with Crippen LogP contribution in [-0.4, -0.2) is 36.7 Å². The summed E-state index contributed by atoms with van der Waals surface area (Å²) in [5, 5.41) is 3.55. The molecule has 0 unspecified atom stereocenters. The lowest BCUT2D eigenvalue weighted by Crippen LogP contribution is -2.44. The highest BCUT2D eigenvalue weighted by Crippen LogP contribution is 2.18. The molecule has 1 N–H and O–H groups in total. The van der Waals surface area contributed by atoms with Crippen LogP contribution in [0.5, 0.6) is 0 Å². The van der Waals surface area contributed by atoms with Crippen molar-refractivity contribution in [2.45, 2.75) is 31.6 Å². The Morgan fingerprint density at radius 1 is 1.29 bits per heavy atom. The third kappa shape index (κ3) is 2.50. The summed E-state index contributed by atoms with van der Waals surface area (Å²) in [6.07, 6.45) is 1.18. The quantitative estimate of drug-likeness (QED) is 0.838. The highest BCUT2D eigenvalue weighted by Gasteiger charge is 2.25. The Bertz CT molecular complexity index is 394. The summed E-state index contributed by atoms with van der Waals surface area (Å²) in [6.45, 7) is 3.48. The second-order valence-electron chi connectivity index (χ2n) is 5.20. The smallest absolute Gasteiger partial charge is 0.114 e. The van der Waals surface area contributed by atoms with Crippen molar-refractivity contribution in [1.29, 1.82) is 0 Å². The molecule has 0 saturated carbocycles. The molecular weight excluding hydrogens is 215 g/mol. The van der Waals surface area contributed by atoms with E-state index in [0.717, 1.165) is 26.1 Å². The minimum atomic E-state index is -0.606. The third-order valence-electron chi connectivity index (χ3n) is 3.86. The van der Waals surface area contributed by atoms with E-state index < -0.39 is 6.17 Å². The molecule has 3 rings (SSSR count). The number of hydrogen-bond donors (Lipinski definition) is 1. The Labute approximate surface area is 102 Å². The van der Waals surface area contributed by atoms with Gasteiger partial charge < -0.3 is 5.32 Å². The Balaban J connectivity index is 1.61. The van der Waals surface area contributed by atoms with Crippen molar-refractivity contribution in [2.75, 3.05) is 19.6 Å². The van der Waals surface area contributed by atoms with Gasteiger partial charge in [0.1, 0.15) is 6.17 Å². The maximum atomic E-state index is 13.1. The Hall–Kier alpha value is -0.930. The number of hydrogen-bond acceptors (Lipinski definition) is 2. The van der Waals surface area contributed by atoms with Crippen LogP contribution in [-0.2, 0) is 13.0 Å². The monoisotopic (exact) mass is 234 g/mol. The molecule has 0 amide bonds. The molecule has 2 atom stereocenters. The molecule has 0 radical (unpaired) electrons. The van der Waals surface area contributed by atoms with Gasteiger partial charge in [-0.15, -0.1) is 0 Å². The summed E-state index contributed by atoms with van der Waals surface area (Å²) in [4.78, 5) is 2.25. The molecule has 2 aliphatic rings. The molecule has 17 heavy (non-hydrogen) atoms. The van der Waals surface area contributed by atoms with Crippen molar-refractivity contribution in [2.24, 2.45) is 0 Å². The van der Waals surface area contributed by atoms with Crippen LogP contribution in [0.15, 0.2) is 24.3 Å². The molecule has 3 heteroatoms. The largest absolute Gasteiger partial charge is 0.308 e. The minimum absolute atomic E-state index is 0.482. The van der Waals surface area contributed by atoms with Gasteiger partial charge in [0.05, 0.1) is 0 Å². The number of nitrogens with zero attached hydrogens (tertiary/aromatic N) is 1. The van der Waals surface area contributed by atoms with E-state index in [9.17, 15) is 4.39 Å². The highest BCUT2D eigenvalue weighted by atomic mass is 19.1. The Kier molecular flexibility index (Phi) is 3.12. The second kappa shape index (κ2) is 4.75. The van der Waals surface area contributed by atoms with Gasteiger partial charge in [0.2, 0.25) is 0 Å². The van der Waals surface area contributed by atoms with Crippen molar-refractivity contribution in [3.8, 4) is 0 Å². The highest BCUT2D eigenvalue weighted by molar-refractivity contribution is 5.29. The van der Waals surface area contributed by atoms with Gasteiger partial charge in [0, 0.05) is 32.2 Å². The van der Waals surface area contributed by atoms with Crippen molar-refractivity contribution in [3.05, 3.63) is 35.4 Å². The van der Waals surface area contributed by atoms with E-state index >= 15 is 0 Å². The number of rotatable bonds is 2. The normalized spacial score (nSPS) is 29.2. The lowest BCUT2D eigenvalue weighted by atomic mass is 9.96. The molecule has 2 aliphatic heterocycles. The zero-order valence-electron chi connectivity index (χ0n) is 10.0. The van der Waals surface area contributed by atoms with Crippen molar-refractivity contribution in [3.63, 3.8) is 0 Å². The van der Waals surface area contributed by atoms with Crippen LogP contribution in [0.1, 0.15) is 17.5 Å². The van der Waals surface area contributed by atoms with Crippen LogP contribution in [0.4, 0.5) is 4.39 Å². The summed E-state index contributed by atoms with van der Waals surface area (Å²) in [5.74, 6) is 0. The maximum absolute atomic E-state index is 13.1. The standard InChI is InChI=1S/C14H19FN2/c15-13-5-6-17(9-13)10-14-7-11-3-1-2-4-12(11)8-16-14/h1-4,13-14,16H,5-10H2/t13-,14+/m1/s1. The van der Waals surface area contributed by atoms with Crippen LogP contribution in [0.25, 0.3) is 0 Å². The molecule has 0 aromatic heterocycles. The van der Waals surface area contributed by atoms with E-state index in [-0.39, 0.29) is 0 Å². The number of nitrogens with one attached hydrogen (secondary N) is 1. The van der Waals surface area contributed by atoms with Gasteiger partial charge in [0.15, 0.2) is 0 Å². The topological polar surface area (TPSA) is 15.3 Å². The predicted molar refractivity (Wildman–Crippen MR) is 66.7 cm³/mol. The third-order valence-corrected chi connectivity index (χ3v) is 3.86. The zero-order valence-corrected chi connectivity index (χ0v) is 10.0. The van der Waals surface area contributed by atoms with E-state index in [4.69, 9.17) is 0 Å². The molecule has 0 aliphatic carbocycles. The van der Waals surface area contributed by atoms with Crippen molar-refractivity contribution < 1.29 is 4.39 Å². The SMILES string of the molecule is F[C@@H]1CCN(C[C@@H]2Cc3ccccc3CN2)C1. The lowest BCUT2D eigenvalue weighted by Gasteiger charge is -2.29. The first-order valence-electron chi connectivity index (χ1n) is 6.48. The summed E-state index contributed by atoms with van der Waals surface area (Å²) in [5.41, 5.74) is 2.86. The van der Waals surface area contributed by atoms with E-state index in [0.29, 0.717) is 19.0 Å². The van der Waals surface area contributed by atoms with Crippen LogP contribution < -0.4 is 5.32 Å². The average molecular weight is 234 g/mol. The first-order valence-corrected chi connectivity index (χ1v) is 6.48. The fourth-order valence-electron chi connectivity index (χ4n) is 2.91. The van der Waals surface area contributed by atoms with E-state index in [2.05, 4.69) is 34.5 Å². The Morgan fingerprint density at radius 3 is 2.88 bits per heavy atom. The average Bonchev–Trinajstić information content (AvgIpc) is 2.75. The van der Waals surface area contributed by atoms with Gasteiger partial charge in [-0.1, -0.05) is 24.3 Å². The molecule has 2 heterocycles. The number of alkyl halides is 1. The van der Waals surface area contributed by atoms with Crippen LogP contribution in [0.3, 0.4) is 0 Å². The van der Waals surface area contributed by atoms with Gasteiger partial charge in [-0.3, -0.25) is 4.90 Å². The molecular formula is C14H19FN2. The van der Waals surface area contributed by atoms with Crippen molar-refractivity contribution >= 4 is 0 Å². The molecule has 2 nitrogen and oxygen atoms in total. The molecule has 1 aromatic carbocycles. The van der Waals surface area contributed by atoms with Gasteiger partial charge in [-0.05, 0) is 24.0 Å². The summed E-state index contributed by atoms with van der Waals surface area (Å²) < 4.78 is 13.1. The van der Waals surface area contributed by atoms with Gasteiger partial charge >= 0.3 is 0 Å². The molecule has 1 aromatic rings. The first-order chi connectivity index (χ1) is 8.31. The van der Waals surface area contributed by atoms with Crippen LogP contribution >= 0.6 is 0 Å². The molecule has 0 spiro atoms. The van der Waals surface area contributed by atoms with Crippen molar-refractivity contribution in [1.82, 2.24) is 10.2 Å². The lowest BCUT2D eigenvalue weighted by molar-refractivity contribution is 0.255. The minimum Gasteiger partial charge on any atom is -0.308 e. The van der Waals surface area contributed by atoms with Crippen LogP contribution in [0, 0.1) is 0 Å². The number of likely N-dealkylation sites (tertiary alicyclic amines) is 1. The first kappa shape index (κ1) is 11.2. The fraction of sp³-hybridized carbons (Fsp3) is 0.571. The fourth-order valence-corrected chi connectivity index (χ4v) is 2.91. The molecule has 92 valence electrons. The van der Waals surface area contributed by atoms with E-state index in [1.807, 2.05) is 0 Å². The van der Waals surface area contributed by atoms with Gasteiger partial charge in [-0.25, -0.2) is 4.39 Å². The van der Waals surface area contributed by atoms with Gasteiger partial charge in [-0.2, -0.15) is 0 Å². The number of benzene rings is 1. The summed E-state index contributed by atoms with van der Waals surface area (Å²) >= 11 is 0. The maximum Gasteiger partial charge on any atom is 0.114 e. The van der Waals surface area contributed by atoms with Crippen LogP contribution in [0.2, 0.25) is 0 Å². The summed E-state index contributed by atoms with van der Waals surface area (Å²) in [6, 6.07) is 9.08. The van der Waals surface area contributed by atoms with E-state index in [1.54, 1.807) is 0 Å². The number of fused-ring (bicyclic) bond motifs is 1.